The topological polar surface area (TPSA) is 35.5 Å². The normalized spacial score (nSPS) is 11.0. The summed E-state index contributed by atoms with van der Waals surface area (Å²) in [6.07, 6.45) is -4.74. The van der Waals surface area contributed by atoms with Gasteiger partial charge in [-0.3, -0.25) is 4.79 Å². The van der Waals surface area contributed by atoms with E-state index in [9.17, 15) is 18.0 Å². The summed E-state index contributed by atoms with van der Waals surface area (Å²) in [5.41, 5.74) is 0. The molecule has 0 aliphatic rings. The van der Waals surface area contributed by atoms with Gasteiger partial charge in [-0.2, -0.15) is 0 Å². The third-order valence-corrected chi connectivity index (χ3v) is 1.48. The number of ether oxygens (including phenoxy) is 2. The van der Waals surface area contributed by atoms with Crippen molar-refractivity contribution in [3.63, 3.8) is 0 Å². The number of hydrogen-bond acceptors (Lipinski definition) is 3. The Kier molecular flexibility index (Phi) is 3.76. The molecule has 0 fully saturated rings. The van der Waals surface area contributed by atoms with Crippen molar-refractivity contribution < 1.29 is 27.4 Å². The molecule has 0 saturated heterocycles. The number of alkyl halides is 3. The number of hydrogen-bond donors (Lipinski definition) is 0. The minimum absolute atomic E-state index is 0.150. The maximum atomic E-state index is 11.9. The molecule has 0 radical (unpaired) electrons. The van der Waals surface area contributed by atoms with Gasteiger partial charge in [-0.05, 0) is 19.1 Å². The molecule has 0 unspecified atom stereocenters. The van der Waals surface area contributed by atoms with Crippen LogP contribution in [0, 0.1) is 0 Å². The first-order chi connectivity index (χ1) is 7.37. The van der Waals surface area contributed by atoms with Crippen LogP contribution in [0.2, 0.25) is 0 Å². The van der Waals surface area contributed by atoms with Crippen molar-refractivity contribution in [1.82, 2.24) is 0 Å². The molecule has 0 atom stereocenters. The Morgan fingerprint density at radius 3 is 2.50 bits per heavy atom. The summed E-state index contributed by atoms with van der Waals surface area (Å²) >= 11 is 0. The average molecular weight is 234 g/mol. The second-order valence-electron chi connectivity index (χ2n) is 3.01. The highest BCUT2D eigenvalue weighted by molar-refractivity contribution is 5.77. The second-order valence-corrected chi connectivity index (χ2v) is 3.01. The fourth-order valence-electron chi connectivity index (χ4n) is 0.946. The van der Waals surface area contributed by atoms with Crippen molar-refractivity contribution in [2.75, 3.05) is 6.61 Å². The van der Waals surface area contributed by atoms with Gasteiger partial charge in [0.2, 0.25) is 0 Å². The number of ketones is 1. The van der Waals surface area contributed by atoms with E-state index < -0.39 is 6.36 Å². The van der Waals surface area contributed by atoms with Crippen LogP contribution in [0.4, 0.5) is 13.2 Å². The average Bonchev–Trinajstić information content (AvgIpc) is 2.12. The van der Waals surface area contributed by atoms with Gasteiger partial charge in [0.25, 0.3) is 0 Å². The molecule has 0 N–H and O–H groups in total. The highest BCUT2D eigenvalue weighted by atomic mass is 19.4. The van der Waals surface area contributed by atoms with Gasteiger partial charge in [0.05, 0.1) is 0 Å². The SMILES string of the molecule is CC(=O)COc1cccc(OC(F)(F)F)c1. The van der Waals surface area contributed by atoms with E-state index in [2.05, 4.69) is 4.74 Å². The summed E-state index contributed by atoms with van der Waals surface area (Å²) in [7, 11) is 0. The lowest BCUT2D eigenvalue weighted by Crippen LogP contribution is -2.17. The van der Waals surface area contributed by atoms with Crippen LogP contribution in [-0.2, 0) is 4.79 Å². The highest BCUT2D eigenvalue weighted by Gasteiger charge is 2.31. The van der Waals surface area contributed by atoms with Crippen molar-refractivity contribution in [2.45, 2.75) is 13.3 Å². The van der Waals surface area contributed by atoms with E-state index >= 15 is 0 Å². The van der Waals surface area contributed by atoms with Crippen molar-refractivity contribution in [3.8, 4) is 11.5 Å². The highest BCUT2D eigenvalue weighted by Crippen LogP contribution is 2.25. The Balaban J connectivity index is 2.67. The number of Topliss-reactive ketones (excluding diaryl/α,β-unsaturated/α-hetero) is 1. The van der Waals surface area contributed by atoms with Crippen LogP contribution >= 0.6 is 0 Å². The zero-order valence-corrected chi connectivity index (χ0v) is 8.38. The maximum Gasteiger partial charge on any atom is 0.573 e. The molecule has 1 aromatic carbocycles. The third kappa shape index (κ3) is 4.68. The molecule has 0 aliphatic carbocycles. The standard InChI is InChI=1S/C10H9F3O3/c1-7(14)6-15-8-3-2-4-9(5-8)16-10(11,12)13/h2-5H,6H2,1H3. The molecule has 1 rings (SSSR count). The largest absolute Gasteiger partial charge is 0.573 e. The van der Waals surface area contributed by atoms with Crippen LogP contribution in [0.25, 0.3) is 0 Å². The van der Waals surface area contributed by atoms with Gasteiger partial charge in [-0.1, -0.05) is 6.07 Å². The fourth-order valence-corrected chi connectivity index (χ4v) is 0.946. The molecule has 0 aromatic heterocycles. The van der Waals surface area contributed by atoms with E-state index in [1.54, 1.807) is 0 Å². The van der Waals surface area contributed by atoms with Gasteiger partial charge in [0, 0.05) is 6.07 Å². The Morgan fingerprint density at radius 2 is 1.94 bits per heavy atom. The van der Waals surface area contributed by atoms with E-state index in [1.165, 1.54) is 19.1 Å². The van der Waals surface area contributed by atoms with Gasteiger partial charge in [-0.15, -0.1) is 13.2 Å². The van der Waals surface area contributed by atoms with Crippen LogP contribution < -0.4 is 9.47 Å². The van der Waals surface area contributed by atoms with Gasteiger partial charge in [0.1, 0.15) is 18.1 Å². The Morgan fingerprint density at radius 1 is 1.31 bits per heavy atom. The van der Waals surface area contributed by atoms with Gasteiger partial charge in [-0.25, -0.2) is 0 Å². The molecular formula is C10H9F3O3. The quantitative estimate of drug-likeness (QED) is 0.803. The number of carbonyl (C=O) groups excluding carboxylic acids is 1. The lowest BCUT2D eigenvalue weighted by molar-refractivity contribution is -0.274. The Labute approximate surface area is 89.8 Å². The summed E-state index contributed by atoms with van der Waals surface area (Å²) in [5, 5.41) is 0. The minimum atomic E-state index is -4.74. The molecular weight excluding hydrogens is 225 g/mol. The van der Waals surface area contributed by atoms with Crippen LogP contribution in [-0.4, -0.2) is 18.8 Å². The fraction of sp³-hybridized carbons (Fsp3) is 0.300. The summed E-state index contributed by atoms with van der Waals surface area (Å²) in [5.74, 6) is -0.451. The molecule has 88 valence electrons. The molecule has 0 heterocycles. The van der Waals surface area contributed by atoms with Gasteiger partial charge in [0.15, 0.2) is 5.78 Å². The Hall–Kier alpha value is -1.72. The predicted octanol–water partition coefficient (Wildman–Crippen LogP) is 2.55. The van der Waals surface area contributed by atoms with E-state index in [0.29, 0.717) is 0 Å². The van der Waals surface area contributed by atoms with Crippen molar-refractivity contribution >= 4 is 5.78 Å². The molecule has 1 aromatic rings. The molecule has 6 heteroatoms. The number of benzene rings is 1. The first kappa shape index (κ1) is 12.4. The second kappa shape index (κ2) is 4.87. The number of halogens is 3. The van der Waals surface area contributed by atoms with Crippen molar-refractivity contribution in [2.24, 2.45) is 0 Å². The van der Waals surface area contributed by atoms with E-state index in [-0.39, 0.29) is 23.9 Å². The predicted molar refractivity (Wildman–Crippen MR) is 49.3 cm³/mol. The summed E-state index contributed by atoms with van der Waals surface area (Å²) < 4.78 is 44.2. The first-order valence-corrected chi connectivity index (χ1v) is 4.35. The van der Waals surface area contributed by atoms with Crippen LogP contribution in [0.3, 0.4) is 0 Å². The van der Waals surface area contributed by atoms with Crippen LogP contribution in [0.5, 0.6) is 11.5 Å². The van der Waals surface area contributed by atoms with Crippen molar-refractivity contribution in [1.29, 1.82) is 0 Å². The lowest BCUT2D eigenvalue weighted by Gasteiger charge is -2.10. The van der Waals surface area contributed by atoms with E-state index in [0.717, 1.165) is 12.1 Å². The molecule has 16 heavy (non-hydrogen) atoms. The number of carbonyl (C=O) groups is 1. The third-order valence-electron chi connectivity index (χ3n) is 1.48. The molecule has 3 nitrogen and oxygen atoms in total. The summed E-state index contributed by atoms with van der Waals surface area (Å²) in [6, 6.07) is 4.99. The van der Waals surface area contributed by atoms with Crippen LogP contribution in [0.1, 0.15) is 6.92 Å². The Bertz CT molecular complexity index is 374. The van der Waals surface area contributed by atoms with E-state index in [4.69, 9.17) is 4.74 Å². The first-order valence-electron chi connectivity index (χ1n) is 4.35. The minimum Gasteiger partial charge on any atom is -0.486 e. The molecule has 0 amide bonds. The smallest absolute Gasteiger partial charge is 0.486 e. The lowest BCUT2D eigenvalue weighted by atomic mass is 10.3. The zero-order valence-electron chi connectivity index (χ0n) is 8.38. The van der Waals surface area contributed by atoms with Crippen molar-refractivity contribution in [3.05, 3.63) is 24.3 Å². The molecule has 0 aliphatic heterocycles. The molecule has 0 saturated carbocycles. The summed E-state index contributed by atoms with van der Waals surface area (Å²) in [4.78, 5) is 10.6. The molecule has 0 bridgehead atoms. The monoisotopic (exact) mass is 234 g/mol. The zero-order chi connectivity index (χ0) is 12.2. The summed E-state index contributed by atoms with van der Waals surface area (Å²) in [6.45, 7) is 1.13. The molecule has 0 spiro atoms. The van der Waals surface area contributed by atoms with Crippen LogP contribution in [0.15, 0.2) is 24.3 Å². The van der Waals surface area contributed by atoms with Gasteiger partial charge < -0.3 is 9.47 Å². The number of rotatable bonds is 4. The maximum absolute atomic E-state index is 11.9. The van der Waals surface area contributed by atoms with E-state index in [1.807, 2.05) is 0 Å². The van der Waals surface area contributed by atoms with Gasteiger partial charge >= 0.3 is 6.36 Å².